The summed E-state index contributed by atoms with van der Waals surface area (Å²) < 4.78 is 16.0. The van der Waals surface area contributed by atoms with E-state index < -0.39 is 6.10 Å². The first-order valence-corrected chi connectivity index (χ1v) is 6.18. The van der Waals surface area contributed by atoms with Crippen molar-refractivity contribution in [2.75, 3.05) is 3.53 Å². The molecule has 0 aliphatic rings. The molecule has 17 heavy (non-hydrogen) atoms. The van der Waals surface area contributed by atoms with Crippen LogP contribution in [-0.4, -0.2) is 5.11 Å². The van der Waals surface area contributed by atoms with Crippen molar-refractivity contribution in [2.24, 2.45) is 0 Å². The van der Waals surface area contributed by atoms with Crippen molar-refractivity contribution < 1.29 is 9.50 Å². The summed E-state index contributed by atoms with van der Waals surface area (Å²) in [5.74, 6) is -0.343. The third-order valence-electron chi connectivity index (χ3n) is 2.48. The Morgan fingerprint density at radius 3 is 2.35 bits per heavy atom. The zero-order valence-electron chi connectivity index (χ0n) is 8.90. The predicted octanol–water partition coefficient (Wildman–Crippen LogP) is 3.67. The Hall–Kier alpha value is -1.14. The lowest BCUT2D eigenvalue weighted by Crippen LogP contribution is -2.00. The second-order valence-electron chi connectivity index (χ2n) is 3.68. The van der Waals surface area contributed by atoms with E-state index in [1.165, 1.54) is 12.1 Å². The van der Waals surface area contributed by atoms with Gasteiger partial charge in [-0.25, -0.2) is 4.39 Å². The number of nitrogens with one attached hydrogen (secondary N) is 1. The molecule has 2 aromatic rings. The normalized spacial score (nSPS) is 12.2. The number of hydrogen-bond acceptors (Lipinski definition) is 2. The molecule has 0 aliphatic heterocycles. The summed E-state index contributed by atoms with van der Waals surface area (Å²) in [6.45, 7) is 0. The molecule has 0 saturated carbocycles. The van der Waals surface area contributed by atoms with E-state index in [9.17, 15) is 9.50 Å². The van der Waals surface area contributed by atoms with Gasteiger partial charge in [-0.2, -0.15) is 0 Å². The summed E-state index contributed by atoms with van der Waals surface area (Å²) in [7, 11) is 0. The number of rotatable bonds is 3. The van der Waals surface area contributed by atoms with Crippen LogP contribution in [0.1, 0.15) is 17.2 Å². The Balaban J connectivity index is 2.33. The molecule has 2 N–H and O–H groups in total. The molecule has 88 valence electrons. The number of hydrogen-bond donors (Lipinski definition) is 2. The van der Waals surface area contributed by atoms with E-state index in [1.807, 2.05) is 47.1 Å². The van der Waals surface area contributed by atoms with Crippen LogP contribution < -0.4 is 3.53 Å². The molecule has 2 nitrogen and oxygen atoms in total. The first kappa shape index (κ1) is 12.3. The van der Waals surface area contributed by atoms with Crippen molar-refractivity contribution in [3.63, 3.8) is 0 Å². The van der Waals surface area contributed by atoms with E-state index in [4.69, 9.17) is 0 Å². The summed E-state index contributed by atoms with van der Waals surface area (Å²) in [5.41, 5.74) is 2.19. The van der Waals surface area contributed by atoms with Gasteiger partial charge in [0.1, 0.15) is 11.9 Å². The molecule has 0 saturated heterocycles. The highest BCUT2D eigenvalue weighted by Crippen LogP contribution is 2.24. The summed E-state index contributed by atoms with van der Waals surface area (Å²) in [6.07, 6.45) is -0.810. The van der Waals surface area contributed by atoms with Gasteiger partial charge in [-0.3, -0.25) is 0 Å². The molecule has 0 bridgehead atoms. The minimum atomic E-state index is -0.810. The van der Waals surface area contributed by atoms with Crippen LogP contribution in [0.15, 0.2) is 48.5 Å². The minimum absolute atomic E-state index is 0.343. The Bertz CT molecular complexity index is 518. The topological polar surface area (TPSA) is 32.3 Å². The molecule has 4 heteroatoms. The summed E-state index contributed by atoms with van der Waals surface area (Å²) >= 11 is 2.02. The predicted molar refractivity (Wildman–Crippen MR) is 74.5 cm³/mol. The first-order valence-electron chi connectivity index (χ1n) is 5.11. The van der Waals surface area contributed by atoms with Gasteiger partial charge in [0.2, 0.25) is 0 Å². The summed E-state index contributed by atoms with van der Waals surface area (Å²) in [6, 6.07) is 13.4. The Morgan fingerprint density at radius 1 is 1.06 bits per heavy atom. The zero-order chi connectivity index (χ0) is 12.3. The molecule has 2 aromatic carbocycles. The van der Waals surface area contributed by atoms with Crippen molar-refractivity contribution >= 4 is 28.6 Å². The SMILES string of the molecule is OC(c1cccc(F)c1)c1cccc(NI)c1. The molecule has 1 unspecified atom stereocenters. The monoisotopic (exact) mass is 343 g/mol. The number of aliphatic hydroxyl groups is 1. The standard InChI is InChI=1S/C13H11FINO/c14-11-5-1-3-9(7-11)13(17)10-4-2-6-12(8-10)16-15/h1-8,13,16-17H. The highest BCUT2D eigenvalue weighted by molar-refractivity contribution is 14.1. The largest absolute Gasteiger partial charge is 0.384 e. The van der Waals surface area contributed by atoms with E-state index in [1.54, 1.807) is 12.1 Å². The van der Waals surface area contributed by atoms with Crippen LogP contribution in [-0.2, 0) is 0 Å². The highest BCUT2D eigenvalue weighted by Gasteiger charge is 2.11. The van der Waals surface area contributed by atoms with Gasteiger partial charge >= 0.3 is 0 Å². The van der Waals surface area contributed by atoms with E-state index in [0.717, 1.165) is 11.3 Å². The second kappa shape index (κ2) is 5.46. The van der Waals surface area contributed by atoms with Gasteiger partial charge in [0.05, 0.1) is 22.9 Å². The lowest BCUT2D eigenvalue weighted by molar-refractivity contribution is 0.220. The molecule has 0 spiro atoms. The minimum Gasteiger partial charge on any atom is -0.384 e. The van der Waals surface area contributed by atoms with Gasteiger partial charge in [0.15, 0.2) is 0 Å². The van der Waals surface area contributed by atoms with Crippen LogP contribution >= 0.6 is 22.9 Å². The molecule has 0 fully saturated rings. The van der Waals surface area contributed by atoms with Crippen molar-refractivity contribution in [3.05, 3.63) is 65.5 Å². The first-order chi connectivity index (χ1) is 8.20. The molecule has 0 heterocycles. The van der Waals surface area contributed by atoms with Crippen LogP contribution in [0, 0.1) is 5.82 Å². The lowest BCUT2D eigenvalue weighted by atomic mass is 10.0. The Kier molecular flexibility index (Phi) is 3.96. The second-order valence-corrected chi connectivity index (χ2v) is 4.22. The average Bonchev–Trinajstić information content (AvgIpc) is 2.38. The van der Waals surface area contributed by atoms with Crippen LogP contribution in [0.3, 0.4) is 0 Å². The van der Waals surface area contributed by atoms with Gasteiger partial charge < -0.3 is 8.64 Å². The maximum absolute atomic E-state index is 13.1. The number of aliphatic hydroxyl groups excluding tert-OH is 1. The third-order valence-corrected chi connectivity index (χ3v) is 3.10. The fourth-order valence-electron chi connectivity index (χ4n) is 1.64. The number of halogens is 2. The maximum atomic E-state index is 13.1. The number of anilines is 1. The van der Waals surface area contributed by atoms with Crippen LogP contribution in [0.25, 0.3) is 0 Å². The fraction of sp³-hybridized carbons (Fsp3) is 0.0769. The van der Waals surface area contributed by atoms with Gasteiger partial charge in [-0.1, -0.05) is 24.3 Å². The van der Waals surface area contributed by atoms with Crippen molar-refractivity contribution in [2.45, 2.75) is 6.10 Å². The molecular formula is C13H11FINO. The Morgan fingerprint density at radius 2 is 1.71 bits per heavy atom. The summed E-state index contributed by atoms with van der Waals surface area (Å²) in [4.78, 5) is 0. The molecular weight excluding hydrogens is 332 g/mol. The van der Waals surface area contributed by atoms with Gasteiger partial charge in [-0.15, -0.1) is 0 Å². The van der Waals surface area contributed by atoms with Gasteiger partial charge in [-0.05, 0) is 35.4 Å². The van der Waals surface area contributed by atoms with E-state index in [0.29, 0.717) is 5.56 Å². The van der Waals surface area contributed by atoms with E-state index >= 15 is 0 Å². The molecule has 0 radical (unpaired) electrons. The quantitative estimate of drug-likeness (QED) is 0.658. The van der Waals surface area contributed by atoms with Crippen molar-refractivity contribution in [1.29, 1.82) is 0 Å². The van der Waals surface area contributed by atoms with E-state index in [-0.39, 0.29) is 5.82 Å². The van der Waals surface area contributed by atoms with Gasteiger partial charge in [0, 0.05) is 5.69 Å². The van der Waals surface area contributed by atoms with Crippen molar-refractivity contribution in [3.8, 4) is 0 Å². The van der Waals surface area contributed by atoms with Crippen LogP contribution in [0.5, 0.6) is 0 Å². The molecule has 1 atom stereocenters. The zero-order valence-corrected chi connectivity index (χ0v) is 11.1. The molecule has 2 rings (SSSR count). The number of benzene rings is 2. The van der Waals surface area contributed by atoms with Gasteiger partial charge in [0.25, 0.3) is 0 Å². The third kappa shape index (κ3) is 2.95. The molecule has 0 aliphatic carbocycles. The maximum Gasteiger partial charge on any atom is 0.123 e. The van der Waals surface area contributed by atoms with Crippen LogP contribution in [0.4, 0.5) is 10.1 Å². The van der Waals surface area contributed by atoms with Crippen molar-refractivity contribution in [1.82, 2.24) is 0 Å². The van der Waals surface area contributed by atoms with Crippen LogP contribution in [0.2, 0.25) is 0 Å². The Labute approximate surface area is 113 Å². The summed E-state index contributed by atoms with van der Waals surface area (Å²) in [5, 5.41) is 10.1. The smallest absolute Gasteiger partial charge is 0.123 e. The molecule has 0 aromatic heterocycles. The average molecular weight is 343 g/mol. The van der Waals surface area contributed by atoms with E-state index in [2.05, 4.69) is 3.53 Å². The molecule has 0 amide bonds. The fourth-order valence-corrected chi connectivity index (χ4v) is 1.97. The highest BCUT2D eigenvalue weighted by atomic mass is 127. The lowest BCUT2D eigenvalue weighted by Gasteiger charge is -2.12.